The van der Waals surface area contributed by atoms with Crippen molar-refractivity contribution in [3.63, 3.8) is 0 Å². The number of carbonyl (C=O) groups excluding carboxylic acids is 2. The molecule has 2 N–H and O–H groups in total. The number of ether oxygens (including phenoxy) is 2. The summed E-state index contributed by atoms with van der Waals surface area (Å²) in [4.78, 5) is 36.6. The van der Waals surface area contributed by atoms with E-state index in [0.717, 1.165) is 29.7 Å². The van der Waals surface area contributed by atoms with Gasteiger partial charge in [-0.3, -0.25) is 19.1 Å². The van der Waals surface area contributed by atoms with Crippen LogP contribution >= 0.6 is 0 Å². The highest BCUT2D eigenvalue weighted by atomic mass is 32.2. The zero-order valence-corrected chi connectivity index (χ0v) is 30.8. The van der Waals surface area contributed by atoms with E-state index in [0.29, 0.717) is 66.9 Å². The number of H-pyrrole nitrogens is 1. The maximum atomic E-state index is 13.7. The highest BCUT2D eigenvalue weighted by Crippen LogP contribution is 2.38. The Morgan fingerprint density at radius 1 is 1.08 bits per heavy atom. The molecule has 3 atom stereocenters. The van der Waals surface area contributed by atoms with Gasteiger partial charge < -0.3 is 18.6 Å². The predicted molar refractivity (Wildman–Crippen MR) is 197 cm³/mol. The molecule has 1 saturated heterocycles. The van der Waals surface area contributed by atoms with Crippen molar-refractivity contribution in [2.45, 2.75) is 73.3 Å². The first-order chi connectivity index (χ1) is 24.4. The van der Waals surface area contributed by atoms with Gasteiger partial charge >= 0.3 is 23.2 Å². The second kappa shape index (κ2) is 15.2. The number of anilines is 2. The average molecular weight is 715 g/mol. The number of hydrogen-bond acceptors (Lipinski definition) is 8. The molecular weight excluding hydrogens is 669 g/mol. The fourth-order valence-electron chi connectivity index (χ4n) is 7.59. The van der Waals surface area contributed by atoms with Crippen LogP contribution in [0.5, 0.6) is 5.75 Å². The van der Waals surface area contributed by atoms with Crippen molar-refractivity contribution in [2.75, 3.05) is 29.3 Å². The molecule has 13 heteroatoms. The lowest BCUT2D eigenvalue weighted by Crippen LogP contribution is -2.37. The minimum atomic E-state index is -1.95. The zero-order chi connectivity index (χ0) is 36.4. The molecule has 1 aliphatic heterocycles. The first-order valence-corrected chi connectivity index (χ1v) is 18.7. The zero-order valence-electron chi connectivity index (χ0n) is 30.0. The number of nitrogens with one attached hydrogen (secondary N) is 2. The number of piperidine rings is 1. The minimum Gasteiger partial charge on any atom is -0.466 e. The number of aryl methyl sites for hydroxylation is 2. The molecule has 1 aliphatic carbocycles. The number of hydrogen-bond donors (Lipinski definition) is 2. The third kappa shape index (κ3) is 7.76. The second-order valence-electron chi connectivity index (χ2n) is 14.1. The molecule has 0 spiro atoms. The normalized spacial score (nSPS) is 21.5. The summed E-state index contributed by atoms with van der Waals surface area (Å²) in [7, 11) is 0. The molecule has 2 aromatic carbocycles. The number of nitrogens with zero attached hydrogens (tertiary/aromatic N) is 4. The van der Waals surface area contributed by atoms with E-state index in [9.17, 15) is 13.8 Å². The molecule has 2 aromatic heterocycles. The van der Waals surface area contributed by atoms with E-state index in [1.165, 1.54) is 0 Å². The molecule has 270 valence electrons. The molecule has 2 fully saturated rings. The van der Waals surface area contributed by atoms with Crippen molar-refractivity contribution >= 4 is 45.9 Å². The van der Waals surface area contributed by atoms with Crippen molar-refractivity contribution < 1.29 is 27.5 Å². The Kier molecular flexibility index (Phi) is 10.7. The van der Waals surface area contributed by atoms with Crippen LogP contribution in [0.1, 0.15) is 74.9 Å². The molecule has 6 rings (SSSR count). The largest absolute Gasteiger partial charge is 0.466 e. The van der Waals surface area contributed by atoms with Crippen LogP contribution in [-0.2, 0) is 25.5 Å². The number of carbonyl (C=O) groups is 2. The first-order valence-electron chi connectivity index (χ1n) is 17.6. The Bertz CT molecular complexity index is 1980. The first kappa shape index (κ1) is 36.0. The topological polar surface area (TPSA) is 132 Å². The SMILES string of the molecule is [C-]#[N+]c1cn2[nH]c(-c3ccc(N4CCC(C(=O)OCC)CC4)c(NS(=O)Oc4cc(C)ccc4C)c3)nc2c1C(=O)OC1C(C)CC(C)CC1C. The van der Waals surface area contributed by atoms with Gasteiger partial charge in [-0.15, -0.1) is 0 Å². The molecule has 4 aromatic rings. The summed E-state index contributed by atoms with van der Waals surface area (Å²) in [5.74, 6) is 1.05. The van der Waals surface area contributed by atoms with Gasteiger partial charge in [0.15, 0.2) is 11.5 Å². The Hall–Kier alpha value is -4.83. The molecule has 3 heterocycles. The molecule has 3 unspecified atom stereocenters. The number of benzene rings is 2. The summed E-state index contributed by atoms with van der Waals surface area (Å²) in [5, 5.41) is 3.21. The molecule has 0 radical (unpaired) electrons. The smallest absolute Gasteiger partial charge is 0.331 e. The van der Waals surface area contributed by atoms with Crippen LogP contribution in [-0.4, -0.2) is 56.5 Å². The minimum absolute atomic E-state index is 0.132. The summed E-state index contributed by atoms with van der Waals surface area (Å²) in [6.07, 6.45) is 4.53. The molecule has 12 nitrogen and oxygen atoms in total. The van der Waals surface area contributed by atoms with Gasteiger partial charge in [0.2, 0.25) is 5.69 Å². The molecule has 0 amide bonds. The summed E-state index contributed by atoms with van der Waals surface area (Å²) < 4.78 is 35.3. The summed E-state index contributed by atoms with van der Waals surface area (Å²) in [6, 6.07) is 11.4. The third-order valence-electron chi connectivity index (χ3n) is 10.1. The third-order valence-corrected chi connectivity index (χ3v) is 10.8. The fraction of sp³-hybridized carbons (Fsp3) is 0.474. The van der Waals surface area contributed by atoms with E-state index in [2.05, 4.69) is 40.3 Å². The number of aromatic amines is 1. The number of aromatic nitrogens is 3. The van der Waals surface area contributed by atoms with Gasteiger partial charge in [0, 0.05) is 24.8 Å². The van der Waals surface area contributed by atoms with Crippen LogP contribution in [0.15, 0.2) is 42.6 Å². The van der Waals surface area contributed by atoms with Crippen LogP contribution in [0.25, 0.3) is 21.9 Å². The highest BCUT2D eigenvalue weighted by molar-refractivity contribution is 7.82. The molecule has 51 heavy (non-hydrogen) atoms. The monoisotopic (exact) mass is 714 g/mol. The summed E-state index contributed by atoms with van der Waals surface area (Å²) >= 11 is -1.95. The standard InChI is InChI=1S/C38H46N6O6S/c1-8-48-37(45)27-13-15-43(16-14-27)31-12-11-28(20-29(31)42-51(47)50-32-19-22(2)9-10-24(32)4)35-40-36-33(30(39-7)21-44(36)41-35)38(46)49-34-25(5)17-23(3)18-26(34)6/h9-12,19-21,23,25-27,34,42H,8,13-18H2,1-6H3,(H,40,41). The van der Waals surface area contributed by atoms with E-state index < -0.39 is 17.2 Å². The van der Waals surface area contributed by atoms with Gasteiger partial charge in [-0.1, -0.05) is 32.9 Å². The fourth-order valence-corrected chi connectivity index (χ4v) is 8.32. The molecule has 2 aliphatic rings. The number of esters is 2. The quantitative estimate of drug-likeness (QED) is 0.127. The van der Waals surface area contributed by atoms with Crippen molar-refractivity contribution in [3.05, 3.63) is 70.7 Å². The van der Waals surface area contributed by atoms with Crippen molar-refractivity contribution in [2.24, 2.45) is 23.7 Å². The van der Waals surface area contributed by atoms with Gasteiger partial charge in [0.1, 0.15) is 17.4 Å². The van der Waals surface area contributed by atoms with Crippen LogP contribution < -0.4 is 13.8 Å². The second-order valence-corrected chi connectivity index (χ2v) is 14.9. The Morgan fingerprint density at radius 2 is 1.80 bits per heavy atom. The van der Waals surface area contributed by atoms with E-state index >= 15 is 0 Å². The van der Waals surface area contributed by atoms with Crippen molar-refractivity contribution in [1.82, 2.24) is 14.6 Å². The maximum Gasteiger partial charge on any atom is 0.331 e. The van der Waals surface area contributed by atoms with Gasteiger partial charge in [0.05, 0.1) is 30.5 Å². The lowest BCUT2D eigenvalue weighted by atomic mass is 9.75. The van der Waals surface area contributed by atoms with Gasteiger partial charge in [-0.25, -0.2) is 14.6 Å². The maximum absolute atomic E-state index is 13.7. The van der Waals surface area contributed by atoms with Gasteiger partial charge in [-0.2, -0.15) is 4.21 Å². The lowest BCUT2D eigenvalue weighted by molar-refractivity contribution is -0.148. The van der Waals surface area contributed by atoms with Crippen LogP contribution in [0.4, 0.5) is 17.1 Å². The lowest BCUT2D eigenvalue weighted by Gasteiger charge is -2.37. The van der Waals surface area contributed by atoms with E-state index in [4.69, 9.17) is 25.2 Å². The Balaban J connectivity index is 1.30. The Morgan fingerprint density at radius 3 is 2.49 bits per heavy atom. The summed E-state index contributed by atoms with van der Waals surface area (Å²) in [6.45, 7) is 21.4. The molecule has 1 saturated carbocycles. The van der Waals surface area contributed by atoms with Gasteiger partial charge in [-0.05, 0) is 99.6 Å². The van der Waals surface area contributed by atoms with E-state index in [1.807, 2.05) is 57.2 Å². The van der Waals surface area contributed by atoms with Gasteiger partial charge in [0.25, 0.3) is 0 Å². The van der Waals surface area contributed by atoms with E-state index in [-0.39, 0.29) is 41.1 Å². The molecular formula is C38H46N6O6S. The molecule has 0 bridgehead atoms. The van der Waals surface area contributed by atoms with Crippen molar-refractivity contribution in [3.8, 4) is 17.1 Å². The Labute approximate surface area is 301 Å². The van der Waals surface area contributed by atoms with Crippen LogP contribution in [0.3, 0.4) is 0 Å². The number of fused-ring (bicyclic) bond motifs is 1. The summed E-state index contributed by atoms with van der Waals surface area (Å²) in [5.41, 5.74) is 4.42. The van der Waals surface area contributed by atoms with Crippen LogP contribution in [0, 0.1) is 44.1 Å². The number of rotatable bonds is 10. The van der Waals surface area contributed by atoms with Crippen molar-refractivity contribution in [1.29, 1.82) is 0 Å². The van der Waals surface area contributed by atoms with E-state index in [1.54, 1.807) is 10.7 Å². The predicted octanol–water partition coefficient (Wildman–Crippen LogP) is 7.57. The highest BCUT2D eigenvalue weighted by Gasteiger charge is 2.36. The van der Waals surface area contributed by atoms with Crippen LogP contribution in [0.2, 0.25) is 0 Å². The average Bonchev–Trinajstić information content (AvgIpc) is 3.66.